The molecule has 0 saturated heterocycles. The smallest absolute Gasteiger partial charge is 0.138 e. The Morgan fingerprint density at radius 1 is 1.21 bits per heavy atom. The van der Waals surface area contributed by atoms with Crippen LogP contribution in [-0.4, -0.2) is 12.1 Å². The van der Waals surface area contributed by atoms with E-state index in [9.17, 15) is 4.39 Å². The van der Waals surface area contributed by atoms with E-state index >= 15 is 0 Å². The van der Waals surface area contributed by atoms with Crippen LogP contribution in [0.3, 0.4) is 0 Å². The summed E-state index contributed by atoms with van der Waals surface area (Å²) in [4.78, 5) is 4.10. The minimum absolute atomic E-state index is 0.138. The van der Waals surface area contributed by atoms with Crippen molar-refractivity contribution in [3.8, 4) is 11.5 Å². The summed E-state index contributed by atoms with van der Waals surface area (Å²) in [6.07, 6.45) is 1.57. The molecule has 0 spiro atoms. The average molecular weight is 262 g/mol. The molecular weight excluding hydrogens is 247 g/mol. The predicted molar refractivity (Wildman–Crippen MR) is 69.4 cm³/mol. The topological polar surface area (TPSA) is 57.4 Å². The van der Waals surface area contributed by atoms with Gasteiger partial charge in [0.2, 0.25) is 0 Å². The van der Waals surface area contributed by atoms with Crippen molar-refractivity contribution in [2.45, 2.75) is 13.2 Å². The molecule has 0 saturated carbocycles. The highest BCUT2D eigenvalue weighted by molar-refractivity contribution is 5.29. The molecule has 0 radical (unpaired) electrons. The van der Waals surface area contributed by atoms with E-state index in [4.69, 9.17) is 15.2 Å². The maximum Gasteiger partial charge on any atom is 0.138 e. The minimum Gasteiger partial charge on any atom is -0.497 e. The van der Waals surface area contributed by atoms with E-state index in [1.807, 2.05) is 0 Å². The van der Waals surface area contributed by atoms with E-state index < -0.39 is 0 Å². The second-order valence-corrected chi connectivity index (χ2v) is 3.94. The third-order valence-electron chi connectivity index (χ3n) is 2.66. The molecule has 1 heterocycles. The summed E-state index contributed by atoms with van der Waals surface area (Å²) in [5, 5.41) is 0. The van der Waals surface area contributed by atoms with Crippen molar-refractivity contribution in [3.63, 3.8) is 0 Å². The Morgan fingerprint density at radius 3 is 2.58 bits per heavy atom. The van der Waals surface area contributed by atoms with Gasteiger partial charge in [-0.25, -0.2) is 4.39 Å². The van der Waals surface area contributed by atoms with E-state index in [1.54, 1.807) is 30.5 Å². The van der Waals surface area contributed by atoms with Gasteiger partial charge in [0, 0.05) is 18.2 Å². The monoisotopic (exact) mass is 262 g/mol. The number of nitrogens with zero attached hydrogens (tertiary/aromatic N) is 1. The van der Waals surface area contributed by atoms with Crippen molar-refractivity contribution in [2.24, 2.45) is 5.73 Å². The summed E-state index contributed by atoms with van der Waals surface area (Å²) >= 11 is 0. The van der Waals surface area contributed by atoms with Crippen molar-refractivity contribution in [1.82, 2.24) is 4.98 Å². The minimum atomic E-state index is -0.356. The van der Waals surface area contributed by atoms with Crippen LogP contribution in [0.2, 0.25) is 0 Å². The fraction of sp³-hybridized carbons (Fsp3) is 0.214. The maximum absolute atomic E-state index is 13.7. The lowest BCUT2D eigenvalue weighted by atomic mass is 10.2. The van der Waals surface area contributed by atoms with Crippen molar-refractivity contribution < 1.29 is 13.9 Å². The summed E-state index contributed by atoms with van der Waals surface area (Å²) in [6.45, 7) is 0.521. The van der Waals surface area contributed by atoms with Crippen LogP contribution in [0.4, 0.5) is 4.39 Å². The Morgan fingerprint density at radius 2 is 2.00 bits per heavy atom. The lowest BCUT2D eigenvalue weighted by Gasteiger charge is -2.08. The number of methoxy groups -OCH3 is 1. The number of rotatable bonds is 5. The number of hydrogen-bond donors (Lipinski definition) is 1. The van der Waals surface area contributed by atoms with Crippen LogP contribution in [0.15, 0.2) is 36.5 Å². The molecule has 0 aliphatic rings. The van der Waals surface area contributed by atoms with Crippen LogP contribution < -0.4 is 15.2 Å². The van der Waals surface area contributed by atoms with Crippen LogP contribution >= 0.6 is 0 Å². The zero-order valence-corrected chi connectivity index (χ0v) is 10.6. The summed E-state index contributed by atoms with van der Waals surface area (Å²) in [5.41, 5.74) is 6.69. The standard InChI is InChI=1S/C14H15FN2O2/c1-18-12-4-2-10(14(15)6-12)9-19-13-5-3-11(7-16)17-8-13/h2-6,8H,7,9,16H2,1H3. The fourth-order valence-electron chi connectivity index (χ4n) is 1.55. The van der Waals surface area contributed by atoms with Crippen molar-refractivity contribution >= 4 is 0 Å². The van der Waals surface area contributed by atoms with E-state index in [-0.39, 0.29) is 12.4 Å². The summed E-state index contributed by atoms with van der Waals surface area (Å²) in [6, 6.07) is 8.19. The van der Waals surface area contributed by atoms with Gasteiger partial charge in [0.1, 0.15) is 23.9 Å². The SMILES string of the molecule is COc1ccc(COc2ccc(CN)nc2)c(F)c1. The molecule has 0 atom stereocenters. The number of benzene rings is 1. The Hall–Kier alpha value is -2.14. The zero-order valence-electron chi connectivity index (χ0n) is 10.6. The lowest BCUT2D eigenvalue weighted by Crippen LogP contribution is -2.01. The highest BCUT2D eigenvalue weighted by atomic mass is 19.1. The quantitative estimate of drug-likeness (QED) is 0.898. The molecule has 0 unspecified atom stereocenters. The molecule has 0 fully saturated rings. The van der Waals surface area contributed by atoms with Crippen molar-refractivity contribution in [2.75, 3.05) is 7.11 Å². The molecule has 1 aromatic heterocycles. The first-order valence-corrected chi connectivity index (χ1v) is 5.83. The Bertz CT molecular complexity index is 544. The lowest BCUT2D eigenvalue weighted by molar-refractivity contribution is 0.298. The van der Waals surface area contributed by atoms with Gasteiger partial charge in [0.25, 0.3) is 0 Å². The molecule has 0 aliphatic carbocycles. The molecule has 5 heteroatoms. The normalized spacial score (nSPS) is 10.3. The summed E-state index contributed by atoms with van der Waals surface area (Å²) < 4.78 is 24.1. The van der Waals surface area contributed by atoms with Gasteiger partial charge in [-0.1, -0.05) is 0 Å². The molecule has 0 aliphatic heterocycles. The van der Waals surface area contributed by atoms with Gasteiger partial charge in [-0.05, 0) is 24.3 Å². The van der Waals surface area contributed by atoms with E-state index in [1.165, 1.54) is 13.2 Å². The third kappa shape index (κ3) is 3.42. The van der Waals surface area contributed by atoms with Crippen LogP contribution in [0.5, 0.6) is 11.5 Å². The Kier molecular flexibility index (Phi) is 4.30. The Balaban J connectivity index is 2.01. The molecule has 0 bridgehead atoms. The number of halogens is 1. The zero-order chi connectivity index (χ0) is 13.7. The number of hydrogen-bond acceptors (Lipinski definition) is 4. The molecule has 0 amide bonds. The maximum atomic E-state index is 13.7. The molecule has 2 aromatic rings. The average Bonchev–Trinajstić information content (AvgIpc) is 2.46. The molecule has 19 heavy (non-hydrogen) atoms. The highest BCUT2D eigenvalue weighted by Gasteiger charge is 2.05. The predicted octanol–water partition coefficient (Wildman–Crippen LogP) is 2.27. The van der Waals surface area contributed by atoms with Crippen molar-refractivity contribution in [1.29, 1.82) is 0 Å². The van der Waals surface area contributed by atoms with Crippen molar-refractivity contribution in [3.05, 3.63) is 53.6 Å². The van der Waals surface area contributed by atoms with Gasteiger partial charge in [-0.15, -0.1) is 0 Å². The highest BCUT2D eigenvalue weighted by Crippen LogP contribution is 2.18. The van der Waals surface area contributed by atoms with Gasteiger partial charge < -0.3 is 15.2 Å². The fourth-order valence-corrected chi connectivity index (χ4v) is 1.55. The van der Waals surface area contributed by atoms with E-state index in [0.29, 0.717) is 23.6 Å². The number of pyridine rings is 1. The van der Waals surface area contributed by atoms with Crippen LogP contribution in [0, 0.1) is 5.82 Å². The first kappa shape index (κ1) is 13.3. The van der Waals surface area contributed by atoms with E-state index in [2.05, 4.69) is 4.98 Å². The van der Waals surface area contributed by atoms with Crippen LogP contribution in [-0.2, 0) is 13.2 Å². The third-order valence-corrected chi connectivity index (χ3v) is 2.66. The molecule has 2 rings (SSSR count). The second-order valence-electron chi connectivity index (χ2n) is 3.94. The summed E-state index contributed by atoms with van der Waals surface area (Å²) in [7, 11) is 1.50. The molecular formula is C14H15FN2O2. The van der Waals surface area contributed by atoms with E-state index in [0.717, 1.165) is 5.69 Å². The Labute approximate surface area is 111 Å². The number of aromatic nitrogens is 1. The number of nitrogens with two attached hydrogens (primary N) is 1. The molecule has 100 valence electrons. The van der Waals surface area contributed by atoms with Gasteiger partial charge in [0.05, 0.1) is 19.0 Å². The van der Waals surface area contributed by atoms with Gasteiger partial charge in [0.15, 0.2) is 0 Å². The molecule has 1 aromatic carbocycles. The second kappa shape index (κ2) is 6.15. The largest absolute Gasteiger partial charge is 0.497 e. The van der Waals surface area contributed by atoms with Crippen LogP contribution in [0.25, 0.3) is 0 Å². The van der Waals surface area contributed by atoms with Crippen LogP contribution in [0.1, 0.15) is 11.3 Å². The number of ether oxygens (including phenoxy) is 2. The first-order valence-electron chi connectivity index (χ1n) is 5.83. The summed E-state index contributed by atoms with van der Waals surface area (Å²) in [5.74, 6) is 0.702. The van der Waals surface area contributed by atoms with Gasteiger partial charge in [-0.2, -0.15) is 0 Å². The first-order chi connectivity index (χ1) is 9.22. The van der Waals surface area contributed by atoms with Gasteiger partial charge in [-0.3, -0.25) is 4.98 Å². The molecule has 2 N–H and O–H groups in total. The van der Waals surface area contributed by atoms with Gasteiger partial charge >= 0.3 is 0 Å². The molecule has 4 nitrogen and oxygen atoms in total.